The van der Waals surface area contributed by atoms with E-state index in [2.05, 4.69) is 10.00 Å². The van der Waals surface area contributed by atoms with Gasteiger partial charge >= 0.3 is 0 Å². The van der Waals surface area contributed by atoms with Crippen molar-refractivity contribution in [2.24, 2.45) is 5.14 Å². The van der Waals surface area contributed by atoms with Crippen LogP contribution >= 0.6 is 0 Å². The smallest absolute Gasteiger partial charge is 0.238 e. The number of aryl methyl sites for hydroxylation is 1. The molecule has 0 atom stereocenters. The second-order valence-corrected chi connectivity index (χ2v) is 8.15. The lowest BCUT2D eigenvalue weighted by molar-refractivity contribution is 0.597. The number of halogens is 1. The molecule has 2 aromatic carbocycles. The highest BCUT2D eigenvalue weighted by molar-refractivity contribution is 7.89. The first-order valence-corrected chi connectivity index (χ1v) is 10.2. The van der Waals surface area contributed by atoms with Crippen LogP contribution in [-0.4, -0.2) is 24.7 Å². The molecule has 0 saturated carbocycles. The maximum atomic E-state index is 13.1. The van der Waals surface area contributed by atoms with E-state index in [0.717, 1.165) is 42.0 Å². The van der Waals surface area contributed by atoms with Gasteiger partial charge < -0.3 is 4.90 Å². The summed E-state index contributed by atoms with van der Waals surface area (Å²) in [7, 11) is -3.75. The van der Waals surface area contributed by atoms with Crippen LogP contribution in [0.2, 0.25) is 0 Å². The maximum absolute atomic E-state index is 13.1. The highest BCUT2D eigenvalue weighted by Crippen LogP contribution is 2.30. The van der Waals surface area contributed by atoms with Crippen LogP contribution in [0.5, 0.6) is 0 Å². The van der Waals surface area contributed by atoms with Crippen molar-refractivity contribution >= 4 is 15.7 Å². The minimum absolute atomic E-state index is 0.116. The summed E-state index contributed by atoms with van der Waals surface area (Å²) in [6, 6.07) is 13.1. The fourth-order valence-electron chi connectivity index (χ4n) is 3.35. The van der Waals surface area contributed by atoms with Gasteiger partial charge in [-0.25, -0.2) is 22.6 Å². The normalized spacial score (nSPS) is 14.2. The van der Waals surface area contributed by atoms with Crippen molar-refractivity contribution in [1.82, 2.24) is 9.78 Å². The minimum atomic E-state index is -3.75. The van der Waals surface area contributed by atoms with Gasteiger partial charge in [-0.15, -0.1) is 0 Å². The second-order valence-electron chi connectivity index (χ2n) is 6.59. The number of nitrogens with zero attached hydrogens (tertiary/aromatic N) is 3. The molecule has 2 heterocycles. The Hall–Kier alpha value is -2.71. The van der Waals surface area contributed by atoms with Gasteiger partial charge in [0.05, 0.1) is 22.8 Å². The molecule has 4 rings (SSSR count). The quantitative estimate of drug-likeness (QED) is 0.747. The Morgan fingerprint density at radius 3 is 2.63 bits per heavy atom. The molecule has 8 heteroatoms. The molecule has 0 spiro atoms. The van der Waals surface area contributed by atoms with Crippen molar-refractivity contribution in [3.05, 3.63) is 71.8 Å². The molecule has 0 bridgehead atoms. The van der Waals surface area contributed by atoms with Crippen molar-refractivity contribution in [3.63, 3.8) is 0 Å². The molecule has 6 nitrogen and oxygen atoms in total. The van der Waals surface area contributed by atoms with Crippen LogP contribution in [0.1, 0.15) is 17.7 Å². The van der Waals surface area contributed by atoms with Crippen LogP contribution in [0, 0.1) is 5.82 Å². The molecule has 27 heavy (non-hydrogen) atoms. The van der Waals surface area contributed by atoms with E-state index >= 15 is 0 Å². The van der Waals surface area contributed by atoms with Crippen LogP contribution in [0.15, 0.2) is 59.6 Å². The zero-order valence-electron chi connectivity index (χ0n) is 14.5. The maximum Gasteiger partial charge on any atom is 0.238 e. The first-order valence-electron chi connectivity index (χ1n) is 8.61. The van der Waals surface area contributed by atoms with Crippen LogP contribution in [-0.2, 0) is 23.0 Å². The minimum Gasteiger partial charge on any atom is -0.365 e. The second kappa shape index (κ2) is 6.79. The average molecular weight is 386 g/mol. The number of fused-ring (bicyclic) bond motifs is 1. The SMILES string of the molecule is NS(=O)(=O)c1ccc2c(c1)N(Cc1ccn(-c3ccc(F)cc3)n1)CCC2. The van der Waals surface area contributed by atoms with Gasteiger partial charge in [0.1, 0.15) is 5.82 Å². The predicted molar refractivity (Wildman–Crippen MR) is 101 cm³/mol. The molecular weight excluding hydrogens is 367 g/mol. The molecule has 0 saturated heterocycles. The standard InChI is InChI=1S/C19H19FN4O2S/c20-15-4-6-17(7-5-15)24-11-9-16(22-24)13-23-10-1-2-14-3-8-18(12-19(14)23)27(21,25)26/h3-9,11-12H,1-2,10,13H2,(H2,21,25,26). The topological polar surface area (TPSA) is 81.2 Å². The Morgan fingerprint density at radius 2 is 1.89 bits per heavy atom. The van der Waals surface area contributed by atoms with Crippen molar-refractivity contribution < 1.29 is 12.8 Å². The lowest BCUT2D eigenvalue weighted by atomic mass is 10.0. The fourth-order valence-corrected chi connectivity index (χ4v) is 3.88. The van der Waals surface area contributed by atoms with E-state index < -0.39 is 10.0 Å². The third-order valence-electron chi connectivity index (χ3n) is 4.69. The largest absolute Gasteiger partial charge is 0.365 e. The molecule has 0 fully saturated rings. The molecule has 2 N–H and O–H groups in total. The molecule has 1 aliphatic heterocycles. The summed E-state index contributed by atoms with van der Waals surface area (Å²) in [5, 5.41) is 9.84. The molecule has 3 aromatic rings. The lowest BCUT2D eigenvalue weighted by Crippen LogP contribution is -2.29. The molecule has 1 aromatic heterocycles. The number of hydrogen-bond acceptors (Lipinski definition) is 4. The van der Waals surface area contributed by atoms with Crippen molar-refractivity contribution in [3.8, 4) is 5.69 Å². The van der Waals surface area contributed by atoms with Gasteiger partial charge in [-0.3, -0.25) is 0 Å². The summed E-state index contributed by atoms with van der Waals surface area (Å²) in [6.07, 6.45) is 3.72. The summed E-state index contributed by atoms with van der Waals surface area (Å²) in [4.78, 5) is 2.23. The highest BCUT2D eigenvalue weighted by atomic mass is 32.2. The van der Waals surface area contributed by atoms with E-state index in [1.165, 1.54) is 12.1 Å². The number of anilines is 1. The average Bonchev–Trinajstić information content (AvgIpc) is 3.10. The molecular formula is C19H19FN4O2S. The summed E-state index contributed by atoms with van der Waals surface area (Å²) >= 11 is 0. The molecule has 1 aliphatic rings. The van der Waals surface area contributed by atoms with E-state index in [1.807, 2.05) is 18.3 Å². The van der Waals surface area contributed by atoms with E-state index in [1.54, 1.807) is 28.9 Å². The number of hydrogen-bond donors (Lipinski definition) is 1. The van der Waals surface area contributed by atoms with Crippen LogP contribution < -0.4 is 10.0 Å². The van der Waals surface area contributed by atoms with Gasteiger partial charge in [0, 0.05) is 18.4 Å². The van der Waals surface area contributed by atoms with Gasteiger partial charge in [0.15, 0.2) is 0 Å². The molecule has 0 amide bonds. The van der Waals surface area contributed by atoms with Gasteiger partial charge in [-0.2, -0.15) is 5.10 Å². The summed E-state index contributed by atoms with van der Waals surface area (Å²) in [5.74, 6) is -0.290. The van der Waals surface area contributed by atoms with E-state index in [0.29, 0.717) is 6.54 Å². The summed E-state index contributed by atoms with van der Waals surface area (Å²) in [5.41, 5.74) is 3.60. The molecule has 140 valence electrons. The molecule has 0 aliphatic carbocycles. The van der Waals surface area contributed by atoms with E-state index in [-0.39, 0.29) is 10.7 Å². The lowest BCUT2D eigenvalue weighted by Gasteiger charge is -2.31. The van der Waals surface area contributed by atoms with Crippen LogP contribution in [0.25, 0.3) is 5.69 Å². The highest BCUT2D eigenvalue weighted by Gasteiger charge is 2.20. The number of rotatable bonds is 4. The number of benzene rings is 2. The van der Waals surface area contributed by atoms with Gasteiger partial charge in [0.25, 0.3) is 0 Å². The summed E-state index contributed by atoms with van der Waals surface area (Å²) in [6.45, 7) is 1.36. The molecule has 0 radical (unpaired) electrons. The molecule has 0 unspecified atom stereocenters. The zero-order valence-corrected chi connectivity index (χ0v) is 15.4. The Morgan fingerprint density at radius 1 is 1.11 bits per heavy atom. The zero-order chi connectivity index (χ0) is 19.0. The van der Waals surface area contributed by atoms with Gasteiger partial charge in [-0.1, -0.05) is 6.07 Å². The third-order valence-corrected chi connectivity index (χ3v) is 5.60. The number of primary sulfonamides is 1. The Kier molecular flexibility index (Phi) is 4.45. The fraction of sp³-hybridized carbons (Fsp3) is 0.211. The number of aromatic nitrogens is 2. The van der Waals surface area contributed by atoms with Crippen molar-refractivity contribution in [2.45, 2.75) is 24.3 Å². The van der Waals surface area contributed by atoms with Crippen LogP contribution in [0.3, 0.4) is 0 Å². The van der Waals surface area contributed by atoms with Gasteiger partial charge in [0.2, 0.25) is 10.0 Å². The predicted octanol–water partition coefficient (Wildman–Crippen LogP) is 2.61. The monoisotopic (exact) mass is 386 g/mol. The Balaban J connectivity index is 1.60. The first-order chi connectivity index (χ1) is 12.9. The van der Waals surface area contributed by atoms with Crippen molar-refractivity contribution in [2.75, 3.05) is 11.4 Å². The van der Waals surface area contributed by atoms with Gasteiger partial charge in [-0.05, 0) is 60.9 Å². The Labute approximate surface area is 157 Å². The summed E-state index contributed by atoms with van der Waals surface area (Å²) < 4.78 is 38.2. The van der Waals surface area contributed by atoms with Crippen LogP contribution in [0.4, 0.5) is 10.1 Å². The van der Waals surface area contributed by atoms with E-state index in [4.69, 9.17) is 5.14 Å². The Bertz CT molecular complexity index is 1080. The van der Waals surface area contributed by atoms with Crippen molar-refractivity contribution in [1.29, 1.82) is 0 Å². The number of nitrogens with two attached hydrogens (primary N) is 1. The number of sulfonamides is 1. The third kappa shape index (κ3) is 3.72. The first kappa shape index (κ1) is 17.7. The van der Waals surface area contributed by atoms with E-state index in [9.17, 15) is 12.8 Å².